The number of aromatic nitrogens is 2. The van der Waals surface area contributed by atoms with Crippen LogP contribution in [-0.4, -0.2) is 15.8 Å². The topological polar surface area (TPSA) is 46.9 Å². The fourth-order valence-corrected chi connectivity index (χ4v) is 2.92. The Hall–Kier alpha value is -1.03. The second kappa shape index (κ2) is 5.53. The van der Waals surface area contributed by atoms with Crippen molar-refractivity contribution >= 4 is 17.3 Å². The molecular formula is C14H22ClN3O. The van der Waals surface area contributed by atoms with Gasteiger partial charge in [0.25, 0.3) is 5.56 Å². The SMILES string of the molecule is CCCn1ncc(NC2CCC(C)(C)C2)c(Cl)c1=O. The molecule has 1 N–H and O–H groups in total. The highest BCUT2D eigenvalue weighted by Crippen LogP contribution is 2.38. The minimum atomic E-state index is -0.203. The average molecular weight is 284 g/mol. The van der Waals surface area contributed by atoms with Gasteiger partial charge in [0, 0.05) is 12.6 Å². The van der Waals surface area contributed by atoms with Gasteiger partial charge >= 0.3 is 0 Å². The summed E-state index contributed by atoms with van der Waals surface area (Å²) in [5, 5.41) is 7.79. The van der Waals surface area contributed by atoms with Gasteiger partial charge in [0.15, 0.2) is 0 Å². The fourth-order valence-electron chi connectivity index (χ4n) is 2.72. The van der Waals surface area contributed by atoms with Crippen LogP contribution in [0, 0.1) is 5.41 Å². The summed E-state index contributed by atoms with van der Waals surface area (Å²) >= 11 is 6.15. The Kier molecular flexibility index (Phi) is 4.19. The van der Waals surface area contributed by atoms with Crippen LogP contribution in [0.25, 0.3) is 0 Å². The third kappa shape index (κ3) is 3.30. The number of aryl methyl sites for hydroxylation is 1. The van der Waals surface area contributed by atoms with Gasteiger partial charge in [-0.25, -0.2) is 4.68 Å². The van der Waals surface area contributed by atoms with E-state index in [1.807, 2.05) is 6.92 Å². The van der Waals surface area contributed by atoms with E-state index in [1.54, 1.807) is 6.20 Å². The smallest absolute Gasteiger partial charge is 0.287 e. The van der Waals surface area contributed by atoms with Gasteiger partial charge in [-0.2, -0.15) is 5.10 Å². The average Bonchev–Trinajstić information content (AvgIpc) is 2.69. The lowest BCUT2D eigenvalue weighted by Gasteiger charge is -2.19. The van der Waals surface area contributed by atoms with Crippen LogP contribution in [0.1, 0.15) is 46.5 Å². The van der Waals surface area contributed by atoms with Crippen molar-refractivity contribution in [1.82, 2.24) is 9.78 Å². The molecule has 1 saturated carbocycles. The molecule has 1 heterocycles. The highest BCUT2D eigenvalue weighted by Gasteiger charge is 2.31. The van der Waals surface area contributed by atoms with Gasteiger partial charge < -0.3 is 5.32 Å². The number of nitrogens with zero attached hydrogens (tertiary/aromatic N) is 2. The van der Waals surface area contributed by atoms with E-state index < -0.39 is 0 Å². The molecule has 0 amide bonds. The molecule has 0 bridgehead atoms. The molecule has 1 unspecified atom stereocenters. The summed E-state index contributed by atoms with van der Waals surface area (Å²) in [6.07, 6.45) is 5.95. The van der Waals surface area contributed by atoms with E-state index in [1.165, 1.54) is 11.1 Å². The fraction of sp³-hybridized carbons (Fsp3) is 0.714. The Morgan fingerprint density at radius 3 is 2.89 bits per heavy atom. The maximum atomic E-state index is 12.0. The van der Waals surface area contributed by atoms with Gasteiger partial charge in [-0.3, -0.25) is 4.79 Å². The van der Waals surface area contributed by atoms with E-state index in [0.717, 1.165) is 19.3 Å². The van der Waals surface area contributed by atoms with Crippen LogP contribution in [0.5, 0.6) is 0 Å². The number of nitrogens with one attached hydrogen (secondary N) is 1. The Morgan fingerprint density at radius 1 is 1.58 bits per heavy atom. The second-order valence-electron chi connectivity index (χ2n) is 6.15. The second-order valence-corrected chi connectivity index (χ2v) is 6.53. The van der Waals surface area contributed by atoms with Gasteiger partial charge in [-0.05, 0) is 31.1 Å². The van der Waals surface area contributed by atoms with Crippen LogP contribution >= 0.6 is 11.6 Å². The lowest BCUT2D eigenvalue weighted by atomic mass is 9.92. The van der Waals surface area contributed by atoms with Crippen molar-refractivity contribution in [3.8, 4) is 0 Å². The zero-order valence-corrected chi connectivity index (χ0v) is 12.6. The van der Waals surface area contributed by atoms with E-state index in [2.05, 4.69) is 24.3 Å². The number of hydrogen-bond donors (Lipinski definition) is 1. The number of anilines is 1. The highest BCUT2D eigenvalue weighted by molar-refractivity contribution is 6.32. The summed E-state index contributed by atoms with van der Waals surface area (Å²) in [4.78, 5) is 12.0. The number of rotatable bonds is 4. The van der Waals surface area contributed by atoms with E-state index in [0.29, 0.717) is 23.7 Å². The van der Waals surface area contributed by atoms with Crippen LogP contribution in [0.3, 0.4) is 0 Å². The summed E-state index contributed by atoms with van der Waals surface area (Å²) in [5.74, 6) is 0. The van der Waals surface area contributed by atoms with Gasteiger partial charge in [0.05, 0.1) is 11.9 Å². The number of halogens is 1. The molecule has 5 heteroatoms. The first kappa shape index (κ1) is 14.4. The van der Waals surface area contributed by atoms with Gasteiger partial charge in [-0.1, -0.05) is 32.4 Å². The molecule has 19 heavy (non-hydrogen) atoms. The first-order valence-electron chi connectivity index (χ1n) is 6.95. The molecule has 0 aliphatic heterocycles. The lowest BCUT2D eigenvalue weighted by Crippen LogP contribution is -2.26. The normalized spacial score (nSPS) is 21.6. The Morgan fingerprint density at radius 2 is 2.32 bits per heavy atom. The van der Waals surface area contributed by atoms with Crippen molar-refractivity contribution in [2.24, 2.45) is 5.41 Å². The summed E-state index contributed by atoms with van der Waals surface area (Å²) in [7, 11) is 0. The Bertz CT molecular complexity index is 510. The molecule has 1 aromatic rings. The third-order valence-electron chi connectivity index (χ3n) is 3.75. The van der Waals surface area contributed by atoms with Crippen LogP contribution < -0.4 is 10.9 Å². The Labute approximate surface area is 119 Å². The van der Waals surface area contributed by atoms with Crippen LogP contribution in [-0.2, 0) is 6.54 Å². The minimum Gasteiger partial charge on any atom is -0.380 e. The van der Waals surface area contributed by atoms with Gasteiger partial charge in [-0.15, -0.1) is 0 Å². The zero-order valence-electron chi connectivity index (χ0n) is 11.9. The van der Waals surface area contributed by atoms with E-state index in [-0.39, 0.29) is 10.6 Å². The molecule has 1 aliphatic rings. The first-order chi connectivity index (χ1) is 8.93. The molecule has 0 aromatic carbocycles. The van der Waals surface area contributed by atoms with Gasteiger partial charge in [0.2, 0.25) is 0 Å². The largest absolute Gasteiger partial charge is 0.380 e. The molecule has 0 radical (unpaired) electrons. The standard InChI is InChI=1S/C14H22ClN3O/c1-4-7-18-13(19)12(15)11(9-16-18)17-10-5-6-14(2,3)8-10/h9-10,17H,4-8H2,1-3H3. The van der Waals surface area contributed by atoms with Crippen molar-refractivity contribution < 1.29 is 0 Å². The molecule has 4 nitrogen and oxygen atoms in total. The van der Waals surface area contributed by atoms with Crippen LogP contribution in [0.15, 0.2) is 11.0 Å². The maximum Gasteiger partial charge on any atom is 0.287 e. The monoisotopic (exact) mass is 283 g/mol. The van der Waals surface area contributed by atoms with Crippen LogP contribution in [0.4, 0.5) is 5.69 Å². The predicted octanol–water partition coefficient (Wildman–Crippen LogP) is 3.30. The third-order valence-corrected chi connectivity index (χ3v) is 4.11. The van der Waals surface area contributed by atoms with E-state index in [4.69, 9.17) is 11.6 Å². The molecule has 1 atom stereocenters. The number of hydrogen-bond acceptors (Lipinski definition) is 3. The molecule has 1 aromatic heterocycles. The molecule has 1 fully saturated rings. The van der Waals surface area contributed by atoms with E-state index in [9.17, 15) is 4.79 Å². The summed E-state index contributed by atoms with van der Waals surface area (Å²) < 4.78 is 1.42. The summed E-state index contributed by atoms with van der Waals surface area (Å²) in [6, 6.07) is 0.385. The zero-order chi connectivity index (χ0) is 14.0. The van der Waals surface area contributed by atoms with Gasteiger partial charge in [0.1, 0.15) is 5.02 Å². The van der Waals surface area contributed by atoms with Crippen molar-refractivity contribution in [2.75, 3.05) is 5.32 Å². The minimum absolute atomic E-state index is 0.203. The molecule has 0 spiro atoms. The van der Waals surface area contributed by atoms with E-state index >= 15 is 0 Å². The first-order valence-corrected chi connectivity index (χ1v) is 7.33. The lowest BCUT2D eigenvalue weighted by molar-refractivity contribution is 0.378. The molecule has 106 valence electrons. The molecular weight excluding hydrogens is 262 g/mol. The molecule has 0 saturated heterocycles. The maximum absolute atomic E-state index is 12.0. The van der Waals surface area contributed by atoms with Crippen molar-refractivity contribution in [3.63, 3.8) is 0 Å². The Balaban J connectivity index is 2.14. The quantitative estimate of drug-likeness (QED) is 0.922. The van der Waals surface area contributed by atoms with Crippen molar-refractivity contribution in [2.45, 2.75) is 59.0 Å². The van der Waals surface area contributed by atoms with Crippen LogP contribution in [0.2, 0.25) is 5.02 Å². The summed E-state index contributed by atoms with van der Waals surface area (Å²) in [6.45, 7) is 7.16. The summed E-state index contributed by atoms with van der Waals surface area (Å²) in [5.41, 5.74) is 0.835. The van der Waals surface area contributed by atoms with Crippen molar-refractivity contribution in [1.29, 1.82) is 0 Å². The van der Waals surface area contributed by atoms with Crippen molar-refractivity contribution in [3.05, 3.63) is 21.6 Å². The molecule has 2 rings (SSSR count). The molecule has 1 aliphatic carbocycles. The predicted molar refractivity (Wildman–Crippen MR) is 78.8 cm³/mol. The highest BCUT2D eigenvalue weighted by atomic mass is 35.5.